The molecule has 0 amide bonds. The Morgan fingerprint density at radius 3 is 2.73 bits per heavy atom. The van der Waals surface area contributed by atoms with Crippen LogP contribution in [0.4, 0.5) is 5.82 Å². The van der Waals surface area contributed by atoms with Crippen LogP contribution in [-0.4, -0.2) is 61.7 Å². The van der Waals surface area contributed by atoms with Crippen LogP contribution in [0.25, 0.3) is 11.0 Å². The summed E-state index contributed by atoms with van der Waals surface area (Å²) in [5, 5.41) is 33.9. The van der Waals surface area contributed by atoms with E-state index < -0.39 is 24.3 Å². The molecule has 0 bridgehead atoms. The Balaban J connectivity index is 2.03. The molecule has 4 atom stereocenters. The fourth-order valence-corrected chi connectivity index (χ4v) is 2.85. The standard InChI is InChI=1S/C13H20N6O3/c1-2-19(14)13-10-8(16-5-17-13)6(3-15-10)9-12(22)11(21)7(4-20)18-9/h3,5,7,9,11-12,15,18,20-22H,2,4,14H2,1H3/t7-,9+,11-,12+/m1/s1. The lowest BCUT2D eigenvalue weighted by Gasteiger charge is -2.16. The second-order valence-corrected chi connectivity index (χ2v) is 5.37. The lowest BCUT2D eigenvalue weighted by Crippen LogP contribution is -2.35. The second kappa shape index (κ2) is 5.78. The van der Waals surface area contributed by atoms with E-state index >= 15 is 0 Å². The minimum Gasteiger partial charge on any atom is -0.395 e. The number of anilines is 1. The molecule has 7 N–H and O–H groups in total. The number of nitrogens with one attached hydrogen (secondary N) is 2. The van der Waals surface area contributed by atoms with Crippen molar-refractivity contribution in [1.82, 2.24) is 20.3 Å². The molecule has 2 aromatic rings. The average molecular weight is 308 g/mol. The highest BCUT2D eigenvalue weighted by Crippen LogP contribution is 2.33. The summed E-state index contributed by atoms with van der Waals surface area (Å²) in [6, 6.07) is -1.11. The summed E-state index contributed by atoms with van der Waals surface area (Å²) in [7, 11) is 0. The highest BCUT2D eigenvalue weighted by molar-refractivity contribution is 5.88. The fraction of sp³-hybridized carbons (Fsp3) is 0.538. The van der Waals surface area contributed by atoms with E-state index in [2.05, 4.69) is 20.3 Å². The van der Waals surface area contributed by atoms with Crippen molar-refractivity contribution in [2.24, 2.45) is 5.84 Å². The number of H-pyrrole nitrogens is 1. The molecule has 2 aromatic heterocycles. The van der Waals surface area contributed by atoms with Gasteiger partial charge in [0, 0.05) is 18.3 Å². The normalized spacial score (nSPS) is 28.4. The lowest BCUT2D eigenvalue weighted by atomic mass is 10.0. The van der Waals surface area contributed by atoms with Crippen LogP contribution in [0.2, 0.25) is 0 Å². The van der Waals surface area contributed by atoms with Gasteiger partial charge in [-0.1, -0.05) is 0 Å². The van der Waals surface area contributed by atoms with E-state index in [1.165, 1.54) is 11.3 Å². The van der Waals surface area contributed by atoms with Crippen molar-refractivity contribution in [3.63, 3.8) is 0 Å². The van der Waals surface area contributed by atoms with Gasteiger partial charge in [-0.2, -0.15) is 0 Å². The van der Waals surface area contributed by atoms with Gasteiger partial charge in [0.25, 0.3) is 0 Å². The number of nitrogens with two attached hydrogens (primary N) is 1. The SMILES string of the molecule is CCN(N)c1ncnc2c([C@@H]3N[C@H](CO)[C@@H](O)[C@H]3O)c[nH]c12. The number of hydrazine groups is 1. The molecule has 1 fully saturated rings. The zero-order chi connectivity index (χ0) is 15.9. The van der Waals surface area contributed by atoms with E-state index in [0.717, 1.165) is 0 Å². The molecule has 22 heavy (non-hydrogen) atoms. The predicted octanol–water partition coefficient (Wildman–Crippen LogP) is -1.62. The maximum Gasteiger partial charge on any atom is 0.170 e. The van der Waals surface area contributed by atoms with Crippen LogP contribution in [0.15, 0.2) is 12.5 Å². The summed E-state index contributed by atoms with van der Waals surface area (Å²) in [4.78, 5) is 11.5. The zero-order valence-electron chi connectivity index (χ0n) is 12.1. The van der Waals surface area contributed by atoms with Crippen LogP contribution in [0.3, 0.4) is 0 Å². The number of aromatic amines is 1. The fourth-order valence-electron chi connectivity index (χ4n) is 2.85. The molecule has 1 aliphatic rings. The number of hydrogen-bond acceptors (Lipinski definition) is 8. The van der Waals surface area contributed by atoms with Crippen LogP contribution in [0.5, 0.6) is 0 Å². The Labute approximate surface area is 126 Å². The minimum atomic E-state index is -1.04. The Morgan fingerprint density at radius 1 is 1.32 bits per heavy atom. The summed E-state index contributed by atoms with van der Waals surface area (Å²) in [6.07, 6.45) is 1.04. The van der Waals surface area contributed by atoms with E-state index in [9.17, 15) is 15.3 Å². The summed E-state index contributed by atoms with van der Waals surface area (Å²) < 4.78 is 0. The first-order valence-electron chi connectivity index (χ1n) is 7.15. The van der Waals surface area contributed by atoms with Crippen LogP contribution in [0.1, 0.15) is 18.5 Å². The molecule has 0 aliphatic carbocycles. The molecule has 0 aromatic carbocycles. The number of fused-ring (bicyclic) bond motifs is 1. The van der Waals surface area contributed by atoms with Crippen LogP contribution in [-0.2, 0) is 0 Å². The molecule has 3 rings (SSSR count). The number of aliphatic hydroxyl groups excluding tert-OH is 3. The molecule has 0 saturated carbocycles. The molecule has 0 unspecified atom stereocenters. The van der Waals surface area contributed by atoms with Crippen LogP contribution < -0.4 is 16.2 Å². The first-order chi connectivity index (χ1) is 10.6. The molecule has 0 spiro atoms. The van der Waals surface area contributed by atoms with Gasteiger partial charge in [-0.15, -0.1) is 0 Å². The van der Waals surface area contributed by atoms with Gasteiger partial charge in [-0.25, -0.2) is 15.8 Å². The Bertz CT molecular complexity index is 662. The molecular formula is C13H20N6O3. The van der Waals surface area contributed by atoms with Gasteiger partial charge in [0.15, 0.2) is 5.82 Å². The largest absolute Gasteiger partial charge is 0.395 e. The van der Waals surface area contributed by atoms with E-state index in [0.29, 0.717) is 29.0 Å². The quantitative estimate of drug-likeness (QED) is 0.292. The van der Waals surface area contributed by atoms with Crippen molar-refractivity contribution in [1.29, 1.82) is 0 Å². The third-order valence-electron chi connectivity index (χ3n) is 4.11. The second-order valence-electron chi connectivity index (χ2n) is 5.37. The van der Waals surface area contributed by atoms with Gasteiger partial charge in [-0.05, 0) is 6.92 Å². The third-order valence-corrected chi connectivity index (χ3v) is 4.11. The number of aliphatic hydroxyl groups is 3. The van der Waals surface area contributed by atoms with Gasteiger partial charge in [0.05, 0.1) is 30.3 Å². The highest BCUT2D eigenvalue weighted by atomic mass is 16.3. The summed E-state index contributed by atoms with van der Waals surface area (Å²) in [6.45, 7) is 2.22. The highest BCUT2D eigenvalue weighted by Gasteiger charge is 2.42. The van der Waals surface area contributed by atoms with Crippen molar-refractivity contribution < 1.29 is 15.3 Å². The number of hydrogen-bond donors (Lipinski definition) is 6. The molecule has 9 heteroatoms. The smallest absolute Gasteiger partial charge is 0.170 e. The predicted molar refractivity (Wildman–Crippen MR) is 79.9 cm³/mol. The van der Waals surface area contributed by atoms with Gasteiger partial charge >= 0.3 is 0 Å². The van der Waals surface area contributed by atoms with E-state index in [1.807, 2.05) is 6.92 Å². The van der Waals surface area contributed by atoms with E-state index in [1.54, 1.807) is 6.20 Å². The van der Waals surface area contributed by atoms with Crippen molar-refractivity contribution >= 4 is 16.9 Å². The maximum absolute atomic E-state index is 10.2. The minimum absolute atomic E-state index is 0.260. The van der Waals surface area contributed by atoms with Crippen molar-refractivity contribution in [2.45, 2.75) is 31.2 Å². The van der Waals surface area contributed by atoms with Gasteiger partial charge in [0.2, 0.25) is 0 Å². The summed E-state index contributed by atoms with van der Waals surface area (Å²) in [5.41, 5.74) is 1.99. The Hall–Kier alpha value is -1.78. The first-order valence-corrected chi connectivity index (χ1v) is 7.15. The molecule has 1 aliphatic heterocycles. The monoisotopic (exact) mass is 308 g/mol. The van der Waals surface area contributed by atoms with Crippen molar-refractivity contribution in [2.75, 3.05) is 18.2 Å². The number of nitrogens with zero attached hydrogens (tertiary/aromatic N) is 3. The molecule has 3 heterocycles. The maximum atomic E-state index is 10.2. The summed E-state index contributed by atoms with van der Waals surface area (Å²) >= 11 is 0. The lowest BCUT2D eigenvalue weighted by molar-refractivity contribution is 0.0196. The average Bonchev–Trinajstić information content (AvgIpc) is 3.08. The van der Waals surface area contributed by atoms with E-state index in [-0.39, 0.29) is 6.61 Å². The van der Waals surface area contributed by atoms with Crippen LogP contribution >= 0.6 is 0 Å². The topological polar surface area (TPSA) is 144 Å². The summed E-state index contributed by atoms with van der Waals surface area (Å²) in [5.74, 6) is 6.46. The molecule has 9 nitrogen and oxygen atoms in total. The molecule has 1 saturated heterocycles. The number of aromatic nitrogens is 3. The first kappa shape index (κ1) is 15.1. The van der Waals surface area contributed by atoms with Gasteiger partial charge in [-0.3, -0.25) is 5.01 Å². The zero-order valence-corrected chi connectivity index (χ0v) is 12.1. The molecular weight excluding hydrogens is 288 g/mol. The molecule has 0 radical (unpaired) electrons. The third kappa shape index (κ3) is 2.23. The Morgan fingerprint density at radius 2 is 2.09 bits per heavy atom. The molecule has 120 valence electrons. The van der Waals surface area contributed by atoms with Crippen LogP contribution in [0, 0.1) is 0 Å². The van der Waals surface area contributed by atoms with Crippen molar-refractivity contribution in [3.8, 4) is 0 Å². The van der Waals surface area contributed by atoms with E-state index in [4.69, 9.17) is 5.84 Å². The number of rotatable bonds is 4. The van der Waals surface area contributed by atoms with Crippen molar-refractivity contribution in [3.05, 3.63) is 18.1 Å². The Kier molecular flexibility index (Phi) is 3.98. The van der Waals surface area contributed by atoms with Gasteiger partial charge < -0.3 is 25.6 Å². The van der Waals surface area contributed by atoms with Gasteiger partial charge in [0.1, 0.15) is 17.9 Å².